The molecule has 1 aromatic carbocycles. The van der Waals surface area contributed by atoms with Gasteiger partial charge in [-0.15, -0.1) is 24.0 Å². The summed E-state index contributed by atoms with van der Waals surface area (Å²) in [5.41, 5.74) is 2.94. The normalized spacial score (nSPS) is 20.1. The van der Waals surface area contributed by atoms with Crippen molar-refractivity contribution in [2.75, 3.05) is 33.2 Å². The van der Waals surface area contributed by atoms with Crippen LogP contribution in [0.5, 0.6) is 0 Å². The van der Waals surface area contributed by atoms with E-state index in [4.69, 9.17) is 0 Å². The van der Waals surface area contributed by atoms with Crippen LogP contribution in [0.25, 0.3) is 0 Å². The average molecular weight is 513 g/mol. The Morgan fingerprint density at radius 1 is 1.24 bits per heavy atom. The molecule has 0 radical (unpaired) electrons. The number of nitrogens with one attached hydrogen (secondary N) is 2. The molecule has 162 valence electrons. The molecule has 3 rings (SSSR count). The van der Waals surface area contributed by atoms with Gasteiger partial charge in [0.05, 0.1) is 0 Å². The highest BCUT2D eigenvalue weighted by atomic mass is 127. The van der Waals surface area contributed by atoms with Gasteiger partial charge in [-0.1, -0.05) is 31.2 Å². The van der Waals surface area contributed by atoms with Gasteiger partial charge in [0.15, 0.2) is 5.96 Å². The predicted octanol–water partition coefficient (Wildman–Crippen LogP) is 2.62. The number of hydrogen-bond acceptors (Lipinski definition) is 3. The maximum absolute atomic E-state index is 11.9. The molecule has 0 saturated carbocycles. The lowest BCUT2D eigenvalue weighted by Crippen LogP contribution is -2.55. The maximum Gasteiger partial charge on any atom is 0.222 e. The van der Waals surface area contributed by atoms with E-state index in [-0.39, 0.29) is 41.5 Å². The highest BCUT2D eigenvalue weighted by Gasteiger charge is 2.30. The van der Waals surface area contributed by atoms with Crippen molar-refractivity contribution in [1.82, 2.24) is 20.4 Å². The van der Waals surface area contributed by atoms with Crippen molar-refractivity contribution in [2.45, 2.75) is 58.2 Å². The molecule has 1 aromatic rings. The number of nitrogens with zero attached hydrogens (tertiary/aromatic N) is 3. The quantitative estimate of drug-likeness (QED) is 0.361. The first-order valence-corrected chi connectivity index (χ1v) is 10.5. The van der Waals surface area contributed by atoms with Crippen molar-refractivity contribution in [3.05, 3.63) is 35.4 Å². The monoisotopic (exact) mass is 513 g/mol. The first kappa shape index (κ1) is 23.9. The van der Waals surface area contributed by atoms with Crippen LogP contribution in [0.15, 0.2) is 29.3 Å². The second-order valence-corrected chi connectivity index (χ2v) is 8.50. The fraction of sp³-hybridized carbons (Fsp3) is 0.636. The zero-order valence-electron chi connectivity index (χ0n) is 18.2. The fourth-order valence-corrected chi connectivity index (χ4v) is 4.14. The molecule has 2 aliphatic heterocycles. The number of halogens is 1. The molecule has 7 heteroatoms. The highest BCUT2D eigenvalue weighted by molar-refractivity contribution is 14.0. The number of carbonyl (C=O) groups is 1. The molecular weight excluding hydrogens is 477 g/mol. The summed E-state index contributed by atoms with van der Waals surface area (Å²) in [5.74, 6) is 1.06. The zero-order valence-corrected chi connectivity index (χ0v) is 20.5. The molecule has 2 heterocycles. The number of hydrogen-bond donors (Lipinski definition) is 2. The summed E-state index contributed by atoms with van der Waals surface area (Å²) in [5, 5.41) is 7.00. The van der Waals surface area contributed by atoms with Crippen LogP contribution in [-0.2, 0) is 17.8 Å². The molecule has 1 amide bonds. The molecule has 2 N–H and O–H groups in total. The van der Waals surface area contributed by atoms with E-state index in [1.54, 1.807) is 0 Å². The van der Waals surface area contributed by atoms with Crippen LogP contribution in [-0.4, -0.2) is 66.5 Å². The van der Waals surface area contributed by atoms with Crippen molar-refractivity contribution in [2.24, 2.45) is 4.99 Å². The minimum absolute atomic E-state index is 0. The van der Waals surface area contributed by atoms with Crippen molar-refractivity contribution >= 4 is 35.8 Å². The molecule has 1 unspecified atom stereocenters. The van der Waals surface area contributed by atoms with E-state index in [1.807, 2.05) is 18.9 Å². The minimum Gasteiger partial charge on any atom is -0.355 e. The van der Waals surface area contributed by atoms with Crippen LogP contribution >= 0.6 is 24.0 Å². The Bertz CT molecular complexity index is 721. The molecule has 0 bridgehead atoms. The van der Waals surface area contributed by atoms with Crippen LogP contribution in [0.2, 0.25) is 0 Å². The van der Waals surface area contributed by atoms with E-state index in [2.05, 4.69) is 58.6 Å². The summed E-state index contributed by atoms with van der Waals surface area (Å²) in [4.78, 5) is 20.8. The van der Waals surface area contributed by atoms with E-state index in [0.29, 0.717) is 6.42 Å². The van der Waals surface area contributed by atoms with Gasteiger partial charge in [-0.2, -0.15) is 0 Å². The van der Waals surface area contributed by atoms with Gasteiger partial charge in [0, 0.05) is 57.8 Å². The molecule has 1 fully saturated rings. The topological polar surface area (TPSA) is 60.0 Å². The Balaban J connectivity index is 0.00000300. The molecule has 0 spiro atoms. The number of rotatable bonds is 5. The number of guanidine groups is 1. The molecule has 0 aromatic heterocycles. The molecule has 2 aliphatic rings. The van der Waals surface area contributed by atoms with Crippen LogP contribution in [0.1, 0.15) is 44.7 Å². The number of benzene rings is 1. The van der Waals surface area contributed by atoms with Gasteiger partial charge < -0.3 is 15.5 Å². The first-order chi connectivity index (χ1) is 13.4. The SMILES string of the molecule is CCC(=O)N1CCC(NC(=NC)NCC(C)(C)N2CCc3ccccc3C2)C1.I. The summed E-state index contributed by atoms with van der Waals surface area (Å²) < 4.78 is 0. The lowest BCUT2D eigenvalue weighted by atomic mass is 9.94. The van der Waals surface area contributed by atoms with Gasteiger partial charge in [-0.05, 0) is 37.8 Å². The summed E-state index contributed by atoms with van der Waals surface area (Å²) >= 11 is 0. The lowest BCUT2D eigenvalue weighted by molar-refractivity contribution is -0.129. The molecule has 0 aliphatic carbocycles. The third-order valence-corrected chi connectivity index (χ3v) is 6.08. The number of carbonyl (C=O) groups excluding carboxylic acids is 1. The van der Waals surface area contributed by atoms with Gasteiger partial charge in [-0.3, -0.25) is 14.7 Å². The Labute approximate surface area is 192 Å². The van der Waals surface area contributed by atoms with Crippen LogP contribution in [0.4, 0.5) is 0 Å². The number of likely N-dealkylation sites (tertiary alicyclic amines) is 1. The third kappa shape index (κ3) is 6.07. The molecular formula is C22H36IN5O. The second-order valence-electron chi connectivity index (χ2n) is 8.50. The van der Waals surface area contributed by atoms with E-state index in [9.17, 15) is 4.79 Å². The fourth-order valence-electron chi connectivity index (χ4n) is 4.14. The molecule has 29 heavy (non-hydrogen) atoms. The Morgan fingerprint density at radius 3 is 2.66 bits per heavy atom. The van der Waals surface area contributed by atoms with Crippen LogP contribution in [0, 0.1) is 0 Å². The number of fused-ring (bicyclic) bond motifs is 1. The highest BCUT2D eigenvalue weighted by Crippen LogP contribution is 2.24. The van der Waals surface area contributed by atoms with Crippen molar-refractivity contribution in [3.8, 4) is 0 Å². The van der Waals surface area contributed by atoms with Crippen molar-refractivity contribution < 1.29 is 4.79 Å². The second kappa shape index (κ2) is 10.6. The van der Waals surface area contributed by atoms with E-state index in [0.717, 1.165) is 51.5 Å². The van der Waals surface area contributed by atoms with Gasteiger partial charge in [0.2, 0.25) is 5.91 Å². The zero-order chi connectivity index (χ0) is 20.1. The Kier molecular flexibility index (Phi) is 8.75. The minimum atomic E-state index is 0. The summed E-state index contributed by atoms with van der Waals surface area (Å²) in [6.45, 7) is 11.0. The van der Waals surface area contributed by atoms with Gasteiger partial charge >= 0.3 is 0 Å². The molecule has 1 saturated heterocycles. The summed E-state index contributed by atoms with van der Waals surface area (Å²) in [6.07, 6.45) is 2.65. The van der Waals surface area contributed by atoms with E-state index < -0.39 is 0 Å². The summed E-state index contributed by atoms with van der Waals surface area (Å²) in [6, 6.07) is 9.03. The smallest absolute Gasteiger partial charge is 0.222 e. The number of aliphatic imine (C=N–C) groups is 1. The van der Waals surface area contributed by atoms with Gasteiger partial charge in [-0.25, -0.2) is 0 Å². The first-order valence-electron chi connectivity index (χ1n) is 10.5. The third-order valence-electron chi connectivity index (χ3n) is 6.08. The predicted molar refractivity (Wildman–Crippen MR) is 130 cm³/mol. The van der Waals surface area contributed by atoms with Gasteiger partial charge in [0.1, 0.15) is 0 Å². The Morgan fingerprint density at radius 2 is 1.97 bits per heavy atom. The molecule has 6 nitrogen and oxygen atoms in total. The van der Waals surface area contributed by atoms with Gasteiger partial charge in [0.25, 0.3) is 0 Å². The van der Waals surface area contributed by atoms with Crippen LogP contribution in [0.3, 0.4) is 0 Å². The van der Waals surface area contributed by atoms with E-state index >= 15 is 0 Å². The van der Waals surface area contributed by atoms with Crippen molar-refractivity contribution in [1.29, 1.82) is 0 Å². The average Bonchev–Trinajstić information content (AvgIpc) is 3.18. The lowest BCUT2D eigenvalue weighted by Gasteiger charge is -2.42. The van der Waals surface area contributed by atoms with Crippen LogP contribution < -0.4 is 10.6 Å². The summed E-state index contributed by atoms with van der Waals surface area (Å²) in [7, 11) is 1.81. The molecule has 1 atom stereocenters. The largest absolute Gasteiger partial charge is 0.355 e. The number of amides is 1. The van der Waals surface area contributed by atoms with E-state index in [1.165, 1.54) is 11.1 Å². The van der Waals surface area contributed by atoms with Crippen molar-refractivity contribution in [3.63, 3.8) is 0 Å². The maximum atomic E-state index is 11.9. The Hall–Kier alpha value is -1.35. The standard InChI is InChI=1S/C22H35N5O.HI/c1-5-20(28)26-12-11-19(15-26)25-21(23-4)24-16-22(2,3)27-13-10-17-8-6-7-9-18(17)14-27;/h6-9,19H,5,10-16H2,1-4H3,(H2,23,24,25);1H.